The van der Waals surface area contributed by atoms with Crippen LogP contribution in [0, 0.1) is 5.92 Å². The Labute approximate surface area is 148 Å². The van der Waals surface area contributed by atoms with Crippen molar-refractivity contribution in [1.82, 2.24) is 10.6 Å². The van der Waals surface area contributed by atoms with Gasteiger partial charge in [-0.25, -0.2) is 4.79 Å². The van der Waals surface area contributed by atoms with E-state index in [2.05, 4.69) is 10.6 Å². The smallest absolute Gasteiger partial charge is 0.321 e. The molecule has 0 heterocycles. The fraction of sp³-hybridized carbons (Fsp3) is 0.526. The van der Waals surface area contributed by atoms with E-state index in [4.69, 9.17) is 4.74 Å². The molecule has 0 radical (unpaired) electrons. The Morgan fingerprint density at radius 3 is 2.36 bits per heavy atom. The van der Waals surface area contributed by atoms with Gasteiger partial charge in [0.1, 0.15) is 0 Å². The third-order valence-corrected chi connectivity index (χ3v) is 4.43. The van der Waals surface area contributed by atoms with Crippen LogP contribution in [0.4, 0.5) is 4.79 Å². The van der Waals surface area contributed by atoms with Crippen LogP contribution in [0.1, 0.15) is 45.1 Å². The molecule has 6 heteroatoms. The van der Waals surface area contributed by atoms with E-state index in [1.165, 1.54) is 0 Å². The number of benzene rings is 1. The Hall–Kier alpha value is -2.37. The van der Waals surface area contributed by atoms with Crippen molar-refractivity contribution in [2.45, 2.75) is 44.9 Å². The molecule has 0 unspecified atom stereocenters. The van der Waals surface area contributed by atoms with Crippen molar-refractivity contribution in [3.05, 3.63) is 35.9 Å². The Kier molecular flexibility index (Phi) is 6.56. The minimum Gasteiger partial charge on any atom is -0.455 e. The van der Waals surface area contributed by atoms with Crippen molar-refractivity contribution in [2.24, 2.45) is 5.92 Å². The lowest BCUT2D eigenvalue weighted by Gasteiger charge is -2.27. The first-order valence-corrected chi connectivity index (χ1v) is 8.74. The maximum absolute atomic E-state index is 12.7. The van der Waals surface area contributed by atoms with Crippen LogP contribution in [0.3, 0.4) is 0 Å². The van der Waals surface area contributed by atoms with Gasteiger partial charge in [-0.1, -0.05) is 57.0 Å². The average molecular weight is 346 g/mol. The molecule has 1 saturated carbocycles. The van der Waals surface area contributed by atoms with E-state index >= 15 is 0 Å². The third kappa shape index (κ3) is 5.05. The van der Waals surface area contributed by atoms with Gasteiger partial charge in [-0.2, -0.15) is 0 Å². The fourth-order valence-corrected chi connectivity index (χ4v) is 3.12. The molecule has 25 heavy (non-hydrogen) atoms. The van der Waals surface area contributed by atoms with Crippen molar-refractivity contribution in [1.29, 1.82) is 0 Å². The van der Waals surface area contributed by atoms with E-state index in [1.54, 1.807) is 0 Å². The molecule has 2 rings (SSSR count). The first-order valence-electron chi connectivity index (χ1n) is 8.74. The van der Waals surface area contributed by atoms with E-state index < -0.39 is 29.9 Å². The molecule has 6 nitrogen and oxygen atoms in total. The highest BCUT2D eigenvalue weighted by Crippen LogP contribution is 2.42. The van der Waals surface area contributed by atoms with Gasteiger partial charge in [-0.3, -0.25) is 14.9 Å². The van der Waals surface area contributed by atoms with Crippen LogP contribution in [-0.2, 0) is 19.7 Å². The zero-order valence-electron chi connectivity index (χ0n) is 14.8. The largest absolute Gasteiger partial charge is 0.455 e. The summed E-state index contributed by atoms with van der Waals surface area (Å²) in [7, 11) is 0. The Bertz CT molecular complexity index is 607. The predicted molar refractivity (Wildman–Crippen MR) is 93.9 cm³/mol. The zero-order valence-corrected chi connectivity index (χ0v) is 14.8. The number of hydrogen-bond donors (Lipinski definition) is 2. The topological polar surface area (TPSA) is 84.5 Å². The summed E-state index contributed by atoms with van der Waals surface area (Å²) < 4.78 is 5.24. The highest BCUT2D eigenvalue weighted by molar-refractivity contribution is 5.96. The minimum atomic E-state index is -0.679. The van der Waals surface area contributed by atoms with Gasteiger partial charge >= 0.3 is 12.0 Å². The van der Waals surface area contributed by atoms with Crippen molar-refractivity contribution >= 4 is 17.9 Å². The van der Waals surface area contributed by atoms with Crippen molar-refractivity contribution in [3.8, 4) is 0 Å². The fourth-order valence-electron chi connectivity index (χ4n) is 3.12. The van der Waals surface area contributed by atoms with Crippen LogP contribution < -0.4 is 10.6 Å². The molecule has 3 amide bonds. The minimum absolute atomic E-state index is 0.284. The molecule has 1 aliphatic carbocycles. The number of carbonyl (C=O) groups is 3. The Balaban J connectivity index is 1.90. The van der Waals surface area contributed by atoms with E-state index in [9.17, 15) is 14.4 Å². The quantitative estimate of drug-likeness (QED) is 0.775. The van der Waals surface area contributed by atoms with Crippen LogP contribution in [0.2, 0.25) is 0 Å². The second-order valence-corrected chi connectivity index (χ2v) is 6.88. The summed E-state index contributed by atoms with van der Waals surface area (Å²) in [6.07, 6.45) is 3.33. The number of urea groups is 1. The molecule has 0 aliphatic heterocycles. The number of esters is 1. The zero-order chi connectivity index (χ0) is 18.3. The first kappa shape index (κ1) is 19.0. The first-order chi connectivity index (χ1) is 11.9. The number of rotatable bonds is 6. The van der Waals surface area contributed by atoms with Crippen LogP contribution >= 0.6 is 0 Å². The molecule has 0 atom stereocenters. The predicted octanol–water partition coefficient (Wildman–Crippen LogP) is 2.52. The Morgan fingerprint density at radius 2 is 1.76 bits per heavy atom. The molecule has 136 valence electrons. The summed E-state index contributed by atoms with van der Waals surface area (Å²) in [5.74, 6) is -0.739. The van der Waals surface area contributed by atoms with Gasteiger partial charge in [0.2, 0.25) is 0 Å². The summed E-state index contributed by atoms with van der Waals surface area (Å²) >= 11 is 0. The number of carbonyl (C=O) groups excluding carboxylic acids is 3. The molecule has 0 spiro atoms. The van der Waals surface area contributed by atoms with Crippen molar-refractivity contribution in [3.63, 3.8) is 0 Å². The second-order valence-electron chi connectivity index (χ2n) is 6.88. The van der Waals surface area contributed by atoms with Gasteiger partial charge in [-0.05, 0) is 24.3 Å². The van der Waals surface area contributed by atoms with Gasteiger partial charge in [0, 0.05) is 6.54 Å². The number of nitrogens with one attached hydrogen (secondary N) is 2. The van der Waals surface area contributed by atoms with Gasteiger partial charge < -0.3 is 10.1 Å². The summed E-state index contributed by atoms with van der Waals surface area (Å²) in [6, 6.07) is 8.97. The van der Waals surface area contributed by atoms with Gasteiger partial charge in [0.05, 0.1) is 5.41 Å². The number of amides is 3. The summed E-state index contributed by atoms with van der Waals surface area (Å²) in [5, 5.41) is 4.75. The molecule has 1 aromatic carbocycles. The maximum Gasteiger partial charge on any atom is 0.321 e. The number of ether oxygens (including phenoxy) is 1. The van der Waals surface area contributed by atoms with Gasteiger partial charge in [0.15, 0.2) is 6.61 Å². The normalized spacial score (nSPS) is 15.6. The molecule has 1 fully saturated rings. The van der Waals surface area contributed by atoms with Gasteiger partial charge in [0.25, 0.3) is 5.91 Å². The molecule has 0 saturated heterocycles. The van der Waals surface area contributed by atoms with Gasteiger partial charge in [-0.15, -0.1) is 0 Å². The molecular formula is C19H26N2O4. The maximum atomic E-state index is 12.7. The highest BCUT2D eigenvalue weighted by atomic mass is 16.5. The van der Waals surface area contributed by atoms with E-state index in [0.29, 0.717) is 19.4 Å². The van der Waals surface area contributed by atoms with Crippen molar-refractivity contribution < 1.29 is 19.1 Å². The van der Waals surface area contributed by atoms with E-state index in [0.717, 1.165) is 18.4 Å². The molecule has 0 aromatic heterocycles. The van der Waals surface area contributed by atoms with Crippen LogP contribution in [0.25, 0.3) is 0 Å². The average Bonchev–Trinajstić information content (AvgIpc) is 3.10. The number of hydrogen-bond acceptors (Lipinski definition) is 4. The lowest BCUT2D eigenvalue weighted by atomic mass is 9.79. The molecule has 2 N–H and O–H groups in total. The summed E-state index contributed by atoms with van der Waals surface area (Å²) in [5.41, 5.74) is 0.245. The highest BCUT2D eigenvalue weighted by Gasteiger charge is 2.44. The lowest BCUT2D eigenvalue weighted by Crippen LogP contribution is -2.43. The SMILES string of the molecule is CC(C)CNC(=O)NC(=O)COC(=O)C1(c2ccccc2)CCCC1. The molecule has 0 bridgehead atoms. The molecule has 1 aromatic rings. The standard InChI is InChI=1S/C19H26N2O4/c1-14(2)12-20-18(24)21-16(22)13-25-17(23)19(10-6-7-11-19)15-8-4-3-5-9-15/h3-5,8-9,14H,6-7,10-13H2,1-2H3,(H2,20,21,22,24). The van der Waals surface area contributed by atoms with E-state index in [-0.39, 0.29) is 5.92 Å². The summed E-state index contributed by atoms with van der Waals surface area (Å²) in [4.78, 5) is 36.0. The third-order valence-electron chi connectivity index (χ3n) is 4.43. The monoisotopic (exact) mass is 346 g/mol. The van der Waals surface area contributed by atoms with Crippen molar-refractivity contribution in [2.75, 3.05) is 13.2 Å². The van der Waals surface area contributed by atoms with E-state index in [1.807, 2.05) is 44.2 Å². The van der Waals surface area contributed by atoms with Crippen LogP contribution in [-0.4, -0.2) is 31.1 Å². The Morgan fingerprint density at radius 1 is 1.12 bits per heavy atom. The van der Waals surface area contributed by atoms with Crippen LogP contribution in [0.5, 0.6) is 0 Å². The molecular weight excluding hydrogens is 320 g/mol. The summed E-state index contributed by atoms with van der Waals surface area (Å²) in [6.45, 7) is 3.92. The lowest BCUT2D eigenvalue weighted by molar-refractivity contribution is -0.154. The number of imide groups is 1. The molecule has 1 aliphatic rings. The second kappa shape index (κ2) is 8.65. The van der Waals surface area contributed by atoms with Crippen LogP contribution in [0.15, 0.2) is 30.3 Å².